The maximum Gasteiger partial charge on any atom is 0.290 e. The van der Waals surface area contributed by atoms with Gasteiger partial charge in [-0.05, 0) is 24.8 Å². The van der Waals surface area contributed by atoms with Crippen LogP contribution in [-0.2, 0) is 4.79 Å². The van der Waals surface area contributed by atoms with Gasteiger partial charge in [-0.2, -0.15) is 0 Å². The van der Waals surface area contributed by atoms with Gasteiger partial charge in [-0.3, -0.25) is 9.59 Å². The summed E-state index contributed by atoms with van der Waals surface area (Å²) in [6.45, 7) is 4.40. The van der Waals surface area contributed by atoms with E-state index in [1.165, 1.54) is 22.7 Å². The second kappa shape index (κ2) is 9.16. The van der Waals surface area contributed by atoms with Gasteiger partial charge in [0.15, 0.2) is 5.76 Å². The lowest BCUT2D eigenvalue weighted by molar-refractivity contribution is -0.129. The predicted octanol–water partition coefficient (Wildman–Crippen LogP) is 5.95. The minimum absolute atomic E-state index is 0.162. The van der Waals surface area contributed by atoms with Crippen molar-refractivity contribution in [3.05, 3.63) is 74.6 Å². The zero-order chi connectivity index (χ0) is 22.0. The summed E-state index contributed by atoms with van der Waals surface area (Å²) in [6.07, 6.45) is 2.84. The minimum Gasteiger partial charge on any atom is -0.503 e. The Balaban J connectivity index is 1.72. The van der Waals surface area contributed by atoms with Crippen molar-refractivity contribution >= 4 is 34.4 Å². The van der Waals surface area contributed by atoms with Gasteiger partial charge in [-0.1, -0.05) is 56.2 Å². The fourth-order valence-electron chi connectivity index (χ4n) is 3.82. The first-order valence-corrected chi connectivity index (χ1v) is 12.1. The molecule has 0 fully saturated rings. The maximum absolute atomic E-state index is 13.6. The molecular formula is C24H24N2O3S2. The molecule has 0 saturated heterocycles. The lowest BCUT2D eigenvalue weighted by Crippen LogP contribution is -2.31. The quantitative estimate of drug-likeness (QED) is 0.339. The Morgan fingerprint density at radius 2 is 1.94 bits per heavy atom. The Labute approximate surface area is 189 Å². The van der Waals surface area contributed by atoms with E-state index >= 15 is 0 Å². The first-order chi connectivity index (χ1) is 15.0. The van der Waals surface area contributed by atoms with Crippen LogP contribution in [0, 0.1) is 6.92 Å². The lowest BCUT2D eigenvalue weighted by Gasteiger charge is -2.25. The van der Waals surface area contributed by atoms with E-state index in [4.69, 9.17) is 0 Å². The number of aliphatic hydroxyl groups excluding tert-OH is 1. The van der Waals surface area contributed by atoms with E-state index < -0.39 is 17.7 Å². The molecule has 3 heterocycles. The zero-order valence-corrected chi connectivity index (χ0v) is 19.1. The normalized spacial score (nSPS) is 16.4. The van der Waals surface area contributed by atoms with Crippen LogP contribution in [0.2, 0.25) is 0 Å². The summed E-state index contributed by atoms with van der Waals surface area (Å²) in [4.78, 5) is 34.1. The van der Waals surface area contributed by atoms with Crippen LogP contribution >= 0.6 is 22.7 Å². The van der Waals surface area contributed by atoms with Crippen LogP contribution in [0.3, 0.4) is 0 Å². The van der Waals surface area contributed by atoms with Crippen molar-refractivity contribution in [1.82, 2.24) is 9.88 Å². The van der Waals surface area contributed by atoms with Gasteiger partial charge in [0.2, 0.25) is 5.78 Å². The molecule has 1 aromatic carbocycles. The second-order valence-corrected chi connectivity index (χ2v) is 9.49. The summed E-state index contributed by atoms with van der Waals surface area (Å²) in [5.74, 6) is -1.23. The van der Waals surface area contributed by atoms with Crippen LogP contribution in [0.15, 0.2) is 59.2 Å². The summed E-state index contributed by atoms with van der Waals surface area (Å²) in [6, 6.07) is 12.9. The average molecular weight is 453 g/mol. The number of hydrogen-bond donors (Lipinski definition) is 1. The standard InChI is InChI=1S/C24H24N2O3S2/c1-3-4-8-13-26-19(17-12-9-14-30-17)18(21(28)24(26)29)20(27)22-15(2)25-23(31-22)16-10-6-5-7-11-16/h5-7,9-12,14,19,28H,3-4,8,13H2,1-2H3. The smallest absolute Gasteiger partial charge is 0.290 e. The summed E-state index contributed by atoms with van der Waals surface area (Å²) in [5, 5.41) is 13.4. The highest BCUT2D eigenvalue weighted by Crippen LogP contribution is 2.42. The first kappa shape index (κ1) is 21.5. The number of thiazole rings is 1. The number of benzene rings is 1. The highest BCUT2D eigenvalue weighted by molar-refractivity contribution is 7.17. The fraction of sp³-hybridized carbons (Fsp3) is 0.292. The molecule has 7 heteroatoms. The Kier molecular flexibility index (Phi) is 6.34. The molecule has 0 bridgehead atoms. The van der Waals surface area contributed by atoms with Crippen molar-refractivity contribution < 1.29 is 14.7 Å². The Hall–Kier alpha value is -2.77. The van der Waals surface area contributed by atoms with Gasteiger partial charge in [0, 0.05) is 17.0 Å². The number of carbonyl (C=O) groups is 2. The van der Waals surface area contributed by atoms with Crippen molar-refractivity contribution in [2.45, 2.75) is 39.2 Å². The summed E-state index contributed by atoms with van der Waals surface area (Å²) in [7, 11) is 0. The molecule has 160 valence electrons. The van der Waals surface area contributed by atoms with Crippen molar-refractivity contribution in [3.8, 4) is 10.6 Å². The van der Waals surface area contributed by atoms with Crippen molar-refractivity contribution in [3.63, 3.8) is 0 Å². The predicted molar refractivity (Wildman–Crippen MR) is 125 cm³/mol. The van der Waals surface area contributed by atoms with E-state index in [2.05, 4.69) is 11.9 Å². The lowest BCUT2D eigenvalue weighted by atomic mass is 10.00. The van der Waals surface area contributed by atoms with Crippen molar-refractivity contribution in [2.24, 2.45) is 0 Å². The number of unbranched alkanes of at least 4 members (excludes halogenated alkanes) is 2. The Bertz CT molecular complexity index is 1120. The molecule has 1 unspecified atom stereocenters. The average Bonchev–Trinajstić information content (AvgIpc) is 3.49. The topological polar surface area (TPSA) is 70.5 Å². The van der Waals surface area contributed by atoms with E-state index in [1.807, 2.05) is 47.8 Å². The third-order valence-electron chi connectivity index (χ3n) is 5.39. The maximum atomic E-state index is 13.6. The van der Waals surface area contributed by atoms with Crippen molar-refractivity contribution in [1.29, 1.82) is 0 Å². The number of amides is 1. The molecule has 31 heavy (non-hydrogen) atoms. The summed E-state index contributed by atoms with van der Waals surface area (Å²) >= 11 is 2.79. The molecule has 1 amide bonds. The van der Waals surface area contributed by atoms with Gasteiger partial charge in [0.05, 0.1) is 22.2 Å². The first-order valence-electron chi connectivity index (χ1n) is 10.4. The van der Waals surface area contributed by atoms with Gasteiger partial charge >= 0.3 is 0 Å². The number of rotatable bonds is 8. The van der Waals surface area contributed by atoms with Crippen LogP contribution in [0.1, 0.15) is 52.5 Å². The number of aromatic nitrogens is 1. The van der Waals surface area contributed by atoms with E-state index in [0.717, 1.165) is 34.7 Å². The van der Waals surface area contributed by atoms with Gasteiger partial charge in [0.25, 0.3) is 5.91 Å². The fourth-order valence-corrected chi connectivity index (χ4v) is 5.70. The number of carbonyl (C=O) groups excluding carboxylic acids is 2. The molecule has 1 aliphatic rings. The molecule has 3 aromatic rings. The third-order valence-corrected chi connectivity index (χ3v) is 7.52. The number of aryl methyl sites for hydroxylation is 1. The Morgan fingerprint density at radius 3 is 2.61 bits per heavy atom. The van der Waals surface area contributed by atoms with Crippen LogP contribution < -0.4 is 0 Å². The molecule has 0 saturated carbocycles. The summed E-state index contributed by atoms with van der Waals surface area (Å²) < 4.78 is 0. The van der Waals surface area contributed by atoms with E-state index in [0.29, 0.717) is 17.1 Å². The molecule has 1 atom stereocenters. The number of aliphatic hydroxyl groups is 1. The second-order valence-electron chi connectivity index (χ2n) is 7.51. The van der Waals surface area contributed by atoms with E-state index in [1.54, 1.807) is 11.8 Å². The van der Waals surface area contributed by atoms with Gasteiger partial charge in [0.1, 0.15) is 5.01 Å². The monoisotopic (exact) mass is 452 g/mol. The highest BCUT2D eigenvalue weighted by atomic mass is 32.1. The van der Waals surface area contributed by atoms with Gasteiger partial charge in [-0.15, -0.1) is 22.7 Å². The number of thiophene rings is 1. The van der Waals surface area contributed by atoms with Crippen LogP contribution in [0.5, 0.6) is 0 Å². The Morgan fingerprint density at radius 1 is 1.16 bits per heavy atom. The molecule has 0 aliphatic carbocycles. The highest BCUT2D eigenvalue weighted by Gasteiger charge is 2.44. The van der Waals surface area contributed by atoms with Gasteiger partial charge in [-0.25, -0.2) is 4.98 Å². The molecule has 1 N–H and O–H groups in total. The minimum atomic E-state index is -0.557. The number of hydrogen-bond acceptors (Lipinski definition) is 6. The number of ketones is 1. The molecule has 0 spiro atoms. The van der Waals surface area contributed by atoms with Crippen LogP contribution in [-0.4, -0.2) is 33.2 Å². The largest absolute Gasteiger partial charge is 0.503 e. The SMILES string of the molecule is CCCCCN1C(=O)C(O)=C(C(=O)c2sc(-c3ccccc3)nc2C)C1c1cccs1. The molecular weight excluding hydrogens is 428 g/mol. The molecule has 4 rings (SSSR count). The van der Waals surface area contributed by atoms with E-state index in [-0.39, 0.29) is 11.4 Å². The van der Waals surface area contributed by atoms with Gasteiger partial charge < -0.3 is 10.0 Å². The zero-order valence-electron chi connectivity index (χ0n) is 17.5. The molecule has 5 nitrogen and oxygen atoms in total. The summed E-state index contributed by atoms with van der Waals surface area (Å²) in [5.41, 5.74) is 1.71. The molecule has 1 aliphatic heterocycles. The third kappa shape index (κ3) is 4.07. The number of nitrogens with zero attached hydrogens (tertiary/aromatic N) is 2. The van der Waals surface area contributed by atoms with Crippen LogP contribution in [0.4, 0.5) is 0 Å². The van der Waals surface area contributed by atoms with E-state index in [9.17, 15) is 14.7 Å². The molecule has 2 aromatic heterocycles. The number of Topliss-reactive ketones (excluding diaryl/α,β-unsaturated/α-hetero) is 1. The van der Waals surface area contributed by atoms with Crippen LogP contribution in [0.25, 0.3) is 10.6 Å². The molecule has 0 radical (unpaired) electrons. The van der Waals surface area contributed by atoms with Crippen molar-refractivity contribution in [2.75, 3.05) is 6.54 Å².